The van der Waals surface area contributed by atoms with E-state index in [2.05, 4.69) is 5.10 Å². The molecule has 3 rings (SSSR count). The quantitative estimate of drug-likeness (QED) is 0.712. The Kier molecular flexibility index (Phi) is 4.89. The van der Waals surface area contributed by atoms with E-state index in [-0.39, 0.29) is 11.4 Å². The predicted octanol–water partition coefficient (Wildman–Crippen LogP) is 4.03. The summed E-state index contributed by atoms with van der Waals surface area (Å²) in [4.78, 5) is 12.5. The van der Waals surface area contributed by atoms with Gasteiger partial charge in [0.15, 0.2) is 0 Å². The van der Waals surface area contributed by atoms with Gasteiger partial charge in [0, 0.05) is 11.6 Å². The van der Waals surface area contributed by atoms with E-state index in [0.29, 0.717) is 12.2 Å². The zero-order chi connectivity index (χ0) is 18.8. The van der Waals surface area contributed by atoms with E-state index in [4.69, 9.17) is 4.74 Å². The first-order valence-electron chi connectivity index (χ1n) is 8.38. The van der Waals surface area contributed by atoms with Gasteiger partial charge < -0.3 is 4.74 Å². The summed E-state index contributed by atoms with van der Waals surface area (Å²) >= 11 is 0. The van der Waals surface area contributed by atoms with E-state index < -0.39 is 0 Å². The minimum atomic E-state index is -0.303. The van der Waals surface area contributed by atoms with Crippen molar-refractivity contribution in [3.05, 3.63) is 80.9 Å². The summed E-state index contributed by atoms with van der Waals surface area (Å²) in [7, 11) is 1.63. The lowest BCUT2D eigenvalue weighted by Gasteiger charge is -2.15. The highest BCUT2D eigenvalue weighted by molar-refractivity contribution is 5.61. The van der Waals surface area contributed by atoms with Gasteiger partial charge in [0.2, 0.25) is 0 Å². The van der Waals surface area contributed by atoms with Crippen LogP contribution in [0.1, 0.15) is 22.3 Å². The lowest BCUT2D eigenvalue weighted by Crippen LogP contribution is -2.24. The van der Waals surface area contributed by atoms with E-state index in [1.807, 2.05) is 32.9 Å². The Morgan fingerprint density at radius 2 is 1.73 bits per heavy atom. The summed E-state index contributed by atoms with van der Waals surface area (Å²) in [6.45, 7) is 6.16. The largest absolute Gasteiger partial charge is 0.496 e. The van der Waals surface area contributed by atoms with Crippen LogP contribution < -0.4 is 10.3 Å². The van der Waals surface area contributed by atoms with Crippen LogP contribution in [0.3, 0.4) is 0 Å². The fourth-order valence-electron chi connectivity index (χ4n) is 3.07. The fourth-order valence-corrected chi connectivity index (χ4v) is 3.07. The Bertz CT molecular complexity index is 1010. The van der Waals surface area contributed by atoms with Crippen molar-refractivity contribution in [1.82, 2.24) is 9.78 Å². The first-order valence-corrected chi connectivity index (χ1v) is 8.38. The van der Waals surface area contributed by atoms with Crippen LogP contribution in [0.5, 0.6) is 5.75 Å². The second-order valence-corrected chi connectivity index (χ2v) is 6.37. The number of nitrogens with zero attached hydrogens (tertiary/aromatic N) is 2. The molecule has 0 N–H and O–H groups in total. The van der Waals surface area contributed by atoms with Gasteiger partial charge in [0.05, 0.1) is 19.3 Å². The first kappa shape index (κ1) is 17.9. The molecule has 4 nitrogen and oxygen atoms in total. The highest BCUT2D eigenvalue weighted by Gasteiger charge is 2.13. The molecule has 0 aliphatic rings. The zero-order valence-electron chi connectivity index (χ0n) is 15.3. The van der Waals surface area contributed by atoms with Crippen molar-refractivity contribution in [2.24, 2.45) is 0 Å². The van der Waals surface area contributed by atoms with Crippen LogP contribution in [0.2, 0.25) is 0 Å². The number of benzene rings is 2. The highest BCUT2D eigenvalue weighted by Crippen LogP contribution is 2.25. The SMILES string of the molecule is COc1ccc(C)c(Cn2nc(-c3ccc(F)cc3)c(C)cc2=O)c1C. The van der Waals surface area contributed by atoms with Gasteiger partial charge in [-0.2, -0.15) is 5.10 Å². The van der Waals surface area contributed by atoms with E-state index in [1.54, 1.807) is 25.3 Å². The Labute approximate surface area is 151 Å². The molecule has 0 aliphatic carbocycles. The molecule has 134 valence electrons. The summed E-state index contributed by atoms with van der Waals surface area (Å²) < 4.78 is 20.0. The van der Waals surface area contributed by atoms with Crippen LogP contribution in [0.25, 0.3) is 11.3 Å². The van der Waals surface area contributed by atoms with Crippen molar-refractivity contribution in [2.45, 2.75) is 27.3 Å². The van der Waals surface area contributed by atoms with Gasteiger partial charge in [-0.1, -0.05) is 6.07 Å². The molecule has 0 aliphatic heterocycles. The lowest BCUT2D eigenvalue weighted by molar-refractivity contribution is 0.410. The van der Waals surface area contributed by atoms with Gasteiger partial charge >= 0.3 is 0 Å². The number of methoxy groups -OCH3 is 1. The van der Waals surface area contributed by atoms with Gasteiger partial charge in [-0.15, -0.1) is 0 Å². The van der Waals surface area contributed by atoms with Crippen LogP contribution in [0.4, 0.5) is 4.39 Å². The standard InChI is InChI=1S/C21H21FN2O2/c1-13-5-10-19(26-4)15(3)18(13)12-24-20(25)11-14(2)21(23-24)16-6-8-17(22)9-7-16/h5-11H,12H2,1-4H3. The van der Waals surface area contributed by atoms with E-state index in [9.17, 15) is 9.18 Å². The smallest absolute Gasteiger partial charge is 0.267 e. The second kappa shape index (κ2) is 7.12. The Hall–Kier alpha value is -2.95. The van der Waals surface area contributed by atoms with E-state index >= 15 is 0 Å². The molecule has 0 fully saturated rings. The Morgan fingerprint density at radius 1 is 1.04 bits per heavy atom. The van der Waals surface area contributed by atoms with Crippen molar-refractivity contribution in [1.29, 1.82) is 0 Å². The van der Waals surface area contributed by atoms with Gasteiger partial charge in [0.1, 0.15) is 11.6 Å². The normalized spacial score (nSPS) is 10.8. The molecule has 5 heteroatoms. The molecule has 0 atom stereocenters. The highest BCUT2D eigenvalue weighted by atomic mass is 19.1. The number of hydrogen-bond acceptors (Lipinski definition) is 3. The molecule has 0 unspecified atom stereocenters. The summed E-state index contributed by atoms with van der Waals surface area (Å²) in [6, 6.07) is 11.6. The lowest BCUT2D eigenvalue weighted by atomic mass is 10.0. The predicted molar refractivity (Wildman–Crippen MR) is 100 cm³/mol. The molecule has 3 aromatic rings. The third-order valence-electron chi connectivity index (χ3n) is 4.62. The summed E-state index contributed by atoms with van der Waals surface area (Å²) in [5.41, 5.74) is 5.10. The molecule has 0 spiro atoms. The third kappa shape index (κ3) is 3.38. The minimum Gasteiger partial charge on any atom is -0.496 e. The van der Waals surface area contributed by atoms with Crippen LogP contribution in [0, 0.1) is 26.6 Å². The Morgan fingerprint density at radius 3 is 2.38 bits per heavy atom. The molecule has 0 bridgehead atoms. The molecule has 26 heavy (non-hydrogen) atoms. The maximum absolute atomic E-state index is 13.2. The van der Waals surface area contributed by atoms with Crippen molar-refractivity contribution in [2.75, 3.05) is 7.11 Å². The summed E-state index contributed by atoms with van der Waals surface area (Å²) in [5, 5.41) is 4.55. The molecule has 2 aromatic carbocycles. The average molecular weight is 352 g/mol. The molecule has 0 radical (unpaired) electrons. The number of ether oxygens (including phenoxy) is 1. The van der Waals surface area contributed by atoms with Crippen LogP contribution in [-0.4, -0.2) is 16.9 Å². The fraction of sp³-hybridized carbons (Fsp3) is 0.238. The molecule has 0 saturated carbocycles. The number of aryl methyl sites for hydroxylation is 2. The van der Waals surface area contributed by atoms with Gasteiger partial charge in [-0.3, -0.25) is 4.79 Å². The van der Waals surface area contributed by atoms with Crippen LogP contribution in [0.15, 0.2) is 47.3 Å². The second-order valence-electron chi connectivity index (χ2n) is 6.37. The zero-order valence-corrected chi connectivity index (χ0v) is 15.3. The number of rotatable bonds is 4. The monoisotopic (exact) mass is 352 g/mol. The van der Waals surface area contributed by atoms with Crippen molar-refractivity contribution < 1.29 is 9.13 Å². The minimum absolute atomic E-state index is 0.171. The van der Waals surface area contributed by atoms with Crippen LogP contribution >= 0.6 is 0 Å². The van der Waals surface area contributed by atoms with Gasteiger partial charge in [0.25, 0.3) is 5.56 Å². The first-order chi connectivity index (χ1) is 12.4. The summed E-state index contributed by atoms with van der Waals surface area (Å²) in [5.74, 6) is 0.479. The molecular weight excluding hydrogens is 331 g/mol. The van der Waals surface area contributed by atoms with E-state index in [0.717, 1.165) is 33.6 Å². The summed E-state index contributed by atoms with van der Waals surface area (Å²) in [6.07, 6.45) is 0. The topological polar surface area (TPSA) is 44.1 Å². The number of hydrogen-bond donors (Lipinski definition) is 0. The molecular formula is C21H21FN2O2. The third-order valence-corrected chi connectivity index (χ3v) is 4.62. The number of aromatic nitrogens is 2. The number of halogens is 1. The van der Waals surface area contributed by atoms with Gasteiger partial charge in [-0.25, -0.2) is 9.07 Å². The van der Waals surface area contributed by atoms with Crippen molar-refractivity contribution in [3.63, 3.8) is 0 Å². The molecule has 1 heterocycles. The molecule has 1 aromatic heterocycles. The average Bonchev–Trinajstić information content (AvgIpc) is 2.61. The van der Waals surface area contributed by atoms with Crippen molar-refractivity contribution in [3.8, 4) is 17.0 Å². The van der Waals surface area contributed by atoms with E-state index in [1.165, 1.54) is 16.8 Å². The maximum Gasteiger partial charge on any atom is 0.267 e. The van der Waals surface area contributed by atoms with Crippen molar-refractivity contribution >= 4 is 0 Å². The van der Waals surface area contributed by atoms with Gasteiger partial charge in [-0.05, 0) is 73.4 Å². The maximum atomic E-state index is 13.2. The molecule has 0 amide bonds. The van der Waals surface area contributed by atoms with Crippen LogP contribution in [-0.2, 0) is 6.54 Å². The molecule has 0 saturated heterocycles. The Balaban J connectivity index is 2.08.